The van der Waals surface area contributed by atoms with E-state index in [0.29, 0.717) is 22.1 Å². The zero-order chi connectivity index (χ0) is 14.9. The van der Waals surface area contributed by atoms with Gasteiger partial charge in [-0.25, -0.2) is 0 Å². The number of amides is 1. The van der Waals surface area contributed by atoms with Crippen molar-refractivity contribution in [2.24, 2.45) is 5.73 Å². The third-order valence-corrected chi connectivity index (χ3v) is 3.88. The van der Waals surface area contributed by atoms with Gasteiger partial charge in [-0.15, -0.1) is 0 Å². The van der Waals surface area contributed by atoms with Crippen molar-refractivity contribution >= 4 is 39.2 Å². The Balaban J connectivity index is 2.49. The molecule has 1 aliphatic heterocycles. The van der Waals surface area contributed by atoms with Gasteiger partial charge in [-0.1, -0.05) is 6.07 Å². The number of nitrogens with one attached hydrogen (secondary N) is 2. The van der Waals surface area contributed by atoms with Crippen LogP contribution in [0.5, 0.6) is 5.75 Å². The molecule has 0 aromatic heterocycles. The number of hydrogen-bond acceptors (Lipinski definition) is 3. The predicted molar refractivity (Wildman–Crippen MR) is 84.2 cm³/mol. The molecule has 106 valence electrons. The summed E-state index contributed by atoms with van der Waals surface area (Å²) in [6.45, 7) is 1.78. The molecule has 5 nitrogen and oxygen atoms in total. The van der Waals surface area contributed by atoms with Crippen LogP contribution in [-0.4, -0.2) is 18.1 Å². The van der Waals surface area contributed by atoms with Crippen LogP contribution in [0.2, 0.25) is 0 Å². The number of rotatable bonds is 3. The first kappa shape index (κ1) is 14.8. The molecule has 2 rings (SSSR count). The summed E-state index contributed by atoms with van der Waals surface area (Å²) in [5.41, 5.74) is 7.47. The van der Waals surface area contributed by atoms with Gasteiger partial charge < -0.3 is 21.1 Å². The molecule has 7 heteroatoms. The van der Waals surface area contributed by atoms with Crippen LogP contribution >= 0.6 is 28.1 Å². The summed E-state index contributed by atoms with van der Waals surface area (Å²) in [7, 11) is 1.59. The molecule has 0 saturated heterocycles. The van der Waals surface area contributed by atoms with Crippen molar-refractivity contribution in [3.05, 3.63) is 39.5 Å². The number of carbonyl (C=O) groups is 1. The molecule has 1 atom stereocenters. The quantitative estimate of drug-likeness (QED) is 0.720. The van der Waals surface area contributed by atoms with Crippen LogP contribution in [-0.2, 0) is 4.79 Å². The topological polar surface area (TPSA) is 76.4 Å². The third kappa shape index (κ3) is 2.78. The Morgan fingerprint density at radius 2 is 2.20 bits per heavy atom. The van der Waals surface area contributed by atoms with Gasteiger partial charge in [0.2, 0.25) is 5.91 Å². The van der Waals surface area contributed by atoms with Gasteiger partial charge >= 0.3 is 0 Å². The highest BCUT2D eigenvalue weighted by atomic mass is 79.9. The van der Waals surface area contributed by atoms with Crippen molar-refractivity contribution in [3.8, 4) is 5.75 Å². The second kappa shape index (κ2) is 5.80. The standard InChI is InChI=1S/C13H14BrN3O2S/c1-6-10(12(15)18)11(17-13(20)16-6)7-3-4-9(19-2)8(14)5-7/h3-5,11H,1-2H3,(H2,15,18)(H2,16,17,20). The maximum absolute atomic E-state index is 11.7. The number of methoxy groups -OCH3 is 1. The van der Waals surface area contributed by atoms with Gasteiger partial charge in [0.1, 0.15) is 5.75 Å². The van der Waals surface area contributed by atoms with Crippen molar-refractivity contribution in [1.82, 2.24) is 10.6 Å². The number of ether oxygens (including phenoxy) is 1. The molecule has 4 N–H and O–H groups in total. The number of allylic oxidation sites excluding steroid dienone is 1. The molecule has 1 aliphatic rings. The maximum Gasteiger partial charge on any atom is 0.248 e. The zero-order valence-electron chi connectivity index (χ0n) is 11.0. The first-order valence-electron chi connectivity index (χ1n) is 5.85. The fourth-order valence-corrected chi connectivity index (χ4v) is 2.96. The molecule has 1 unspecified atom stereocenters. The molecule has 1 heterocycles. The first-order valence-corrected chi connectivity index (χ1v) is 7.05. The fraction of sp³-hybridized carbons (Fsp3) is 0.231. The van der Waals surface area contributed by atoms with E-state index >= 15 is 0 Å². The van der Waals surface area contributed by atoms with Crippen LogP contribution < -0.4 is 21.1 Å². The summed E-state index contributed by atoms with van der Waals surface area (Å²) >= 11 is 8.56. The molecular weight excluding hydrogens is 342 g/mol. The van der Waals surface area contributed by atoms with Crippen LogP contribution in [0, 0.1) is 0 Å². The van der Waals surface area contributed by atoms with Crippen molar-refractivity contribution in [3.63, 3.8) is 0 Å². The lowest BCUT2D eigenvalue weighted by Crippen LogP contribution is -2.46. The van der Waals surface area contributed by atoms with E-state index in [0.717, 1.165) is 10.0 Å². The van der Waals surface area contributed by atoms with E-state index in [1.165, 1.54) is 0 Å². The number of primary amides is 1. The molecule has 1 amide bonds. The zero-order valence-corrected chi connectivity index (χ0v) is 13.4. The van der Waals surface area contributed by atoms with Crippen LogP contribution in [0.25, 0.3) is 0 Å². The predicted octanol–water partition coefficient (Wildman–Crippen LogP) is 1.74. The van der Waals surface area contributed by atoms with Gasteiger partial charge in [0.15, 0.2) is 5.11 Å². The van der Waals surface area contributed by atoms with Crippen LogP contribution in [0.3, 0.4) is 0 Å². The molecule has 0 saturated carbocycles. The Bertz CT molecular complexity index is 616. The molecule has 0 bridgehead atoms. The monoisotopic (exact) mass is 355 g/mol. The summed E-state index contributed by atoms with van der Waals surface area (Å²) in [6, 6.07) is 5.19. The Morgan fingerprint density at radius 1 is 1.50 bits per heavy atom. The molecule has 0 aliphatic carbocycles. The third-order valence-electron chi connectivity index (χ3n) is 3.04. The van der Waals surface area contributed by atoms with E-state index in [1.54, 1.807) is 14.0 Å². The molecule has 1 aromatic rings. The Morgan fingerprint density at radius 3 is 2.75 bits per heavy atom. The minimum absolute atomic E-state index is 0.372. The summed E-state index contributed by atoms with van der Waals surface area (Å²) in [5, 5.41) is 6.43. The lowest BCUT2D eigenvalue weighted by molar-refractivity contribution is -0.115. The highest BCUT2D eigenvalue weighted by Gasteiger charge is 2.28. The summed E-state index contributed by atoms with van der Waals surface area (Å²) < 4.78 is 5.99. The molecule has 20 heavy (non-hydrogen) atoms. The molecule has 0 radical (unpaired) electrons. The van der Waals surface area contributed by atoms with E-state index < -0.39 is 5.91 Å². The average Bonchev–Trinajstić information content (AvgIpc) is 2.37. The van der Waals surface area contributed by atoms with E-state index in [4.69, 9.17) is 22.7 Å². The largest absolute Gasteiger partial charge is 0.496 e. The number of nitrogens with two attached hydrogens (primary N) is 1. The van der Waals surface area contributed by atoms with E-state index in [-0.39, 0.29) is 6.04 Å². The van der Waals surface area contributed by atoms with E-state index in [2.05, 4.69) is 26.6 Å². The van der Waals surface area contributed by atoms with Crippen molar-refractivity contribution in [2.75, 3.05) is 7.11 Å². The molecule has 0 spiro atoms. The summed E-state index contributed by atoms with van der Waals surface area (Å²) in [4.78, 5) is 11.7. The van der Waals surface area contributed by atoms with Crippen LogP contribution in [0.15, 0.2) is 33.9 Å². The van der Waals surface area contributed by atoms with Crippen molar-refractivity contribution in [1.29, 1.82) is 0 Å². The lowest BCUT2D eigenvalue weighted by Gasteiger charge is -2.29. The van der Waals surface area contributed by atoms with Crippen molar-refractivity contribution < 1.29 is 9.53 Å². The average molecular weight is 356 g/mol. The van der Waals surface area contributed by atoms with Gasteiger partial charge in [0.05, 0.1) is 23.2 Å². The molecule has 1 aromatic carbocycles. The van der Waals surface area contributed by atoms with Gasteiger partial charge in [-0.2, -0.15) is 0 Å². The second-order valence-electron chi connectivity index (χ2n) is 4.33. The van der Waals surface area contributed by atoms with Gasteiger partial charge in [-0.05, 0) is 52.8 Å². The van der Waals surface area contributed by atoms with E-state index in [9.17, 15) is 4.79 Å². The second-order valence-corrected chi connectivity index (χ2v) is 5.59. The highest BCUT2D eigenvalue weighted by molar-refractivity contribution is 9.10. The van der Waals surface area contributed by atoms with Crippen molar-refractivity contribution in [2.45, 2.75) is 13.0 Å². The SMILES string of the molecule is COc1ccc(C2NC(=S)NC(C)=C2C(N)=O)cc1Br. The number of benzene rings is 1. The number of halogens is 1. The normalized spacial score (nSPS) is 18.4. The van der Waals surface area contributed by atoms with Crippen LogP contribution in [0.1, 0.15) is 18.5 Å². The summed E-state index contributed by atoms with van der Waals surface area (Å²) in [6.07, 6.45) is 0. The Hall–Kier alpha value is -1.60. The maximum atomic E-state index is 11.7. The van der Waals surface area contributed by atoms with E-state index in [1.807, 2.05) is 18.2 Å². The Kier molecular flexibility index (Phi) is 4.29. The highest BCUT2D eigenvalue weighted by Crippen LogP contribution is 2.32. The minimum Gasteiger partial charge on any atom is -0.496 e. The minimum atomic E-state index is -0.484. The van der Waals surface area contributed by atoms with Gasteiger partial charge in [0, 0.05) is 5.70 Å². The molecule has 0 fully saturated rings. The fourth-order valence-electron chi connectivity index (χ4n) is 2.13. The van der Waals surface area contributed by atoms with Crippen LogP contribution in [0.4, 0.5) is 0 Å². The number of hydrogen-bond donors (Lipinski definition) is 3. The van der Waals surface area contributed by atoms with Gasteiger partial charge in [-0.3, -0.25) is 4.79 Å². The smallest absolute Gasteiger partial charge is 0.248 e. The lowest BCUT2D eigenvalue weighted by atomic mass is 9.95. The molecular formula is C13H14BrN3O2S. The number of carbonyl (C=O) groups excluding carboxylic acids is 1. The Labute approximate surface area is 130 Å². The summed E-state index contributed by atoms with van der Waals surface area (Å²) in [5.74, 6) is 0.230. The number of thiocarbonyl (C=S) groups is 1. The van der Waals surface area contributed by atoms with Gasteiger partial charge in [0.25, 0.3) is 0 Å². The first-order chi connectivity index (χ1) is 9.43.